The molecular formula is C13H22N2O4. The molecule has 0 radical (unpaired) electrons. The van der Waals surface area contributed by atoms with Gasteiger partial charge in [0.25, 0.3) is 0 Å². The van der Waals surface area contributed by atoms with Gasteiger partial charge < -0.3 is 20.5 Å². The van der Waals surface area contributed by atoms with E-state index in [2.05, 4.69) is 17.6 Å². The molecule has 0 bridgehead atoms. The van der Waals surface area contributed by atoms with Crippen LogP contribution in [-0.4, -0.2) is 42.4 Å². The van der Waals surface area contributed by atoms with E-state index in [1.807, 2.05) is 0 Å². The molecule has 2 rings (SSSR count). The molecular weight excluding hydrogens is 248 g/mol. The molecule has 2 amide bonds. The zero-order chi connectivity index (χ0) is 13.9. The lowest BCUT2D eigenvalue weighted by Crippen LogP contribution is -2.59. The van der Waals surface area contributed by atoms with Gasteiger partial charge >= 0.3 is 12.0 Å². The molecule has 0 spiro atoms. The van der Waals surface area contributed by atoms with Gasteiger partial charge in [-0.2, -0.15) is 0 Å². The Morgan fingerprint density at radius 2 is 2.00 bits per heavy atom. The zero-order valence-corrected chi connectivity index (χ0v) is 11.3. The van der Waals surface area contributed by atoms with Gasteiger partial charge in [-0.1, -0.05) is 6.92 Å². The van der Waals surface area contributed by atoms with Crippen LogP contribution in [0.3, 0.4) is 0 Å². The lowest BCUT2D eigenvalue weighted by molar-refractivity contribution is -0.148. The molecule has 1 unspecified atom stereocenters. The smallest absolute Gasteiger partial charge is 0.329 e. The van der Waals surface area contributed by atoms with E-state index in [9.17, 15) is 14.7 Å². The summed E-state index contributed by atoms with van der Waals surface area (Å²) < 4.78 is 5.16. The third kappa shape index (κ3) is 3.59. The maximum atomic E-state index is 11.8. The number of rotatable bonds is 5. The van der Waals surface area contributed by atoms with Crippen LogP contribution in [0.1, 0.15) is 32.6 Å². The minimum Gasteiger partial charge on any atom is -0.480 e. The van der Waals surface area contributed by atoms with E-state index in [1.54, 1.807) is 0 Å². The van der Waals surface area contributed by atoms with Crippen LogP contribution in [0.25, 0.3) is 0 Å². The minimum absolute atomic E-state index is 0.313. The van der Waals surface area contributed by atoms with Crippen LogP contribution in [0.2, 0.25) is 0 Å². The van der Waals surface area contributed by atoms with E-state index in [0.717, 1.165) is 5.92 Å². The first-order chi connectivity index (χ1) is 9.03. The first-order valence-corrected chi connectivity index (χ1v) is 6.91. The molecule has 0 aromatic carbocycles. The standard InChI is InChI=1S/C13H22N2O4/c1-9(10-2-3-10)8-14-12(18)15-13(11(16)17)4-6-19-7-5-13/h9-10H,2-8H2,1H3,(H,16,17)(H2,14,15,18). The SMILES string of the molecule is CC(CNC(=O)NC1(C(=O)O)CCOCC1)C1CC1. The summed E-state index contributed by atoms with van der Waals surface area (Å²) in [6.45, 7) is 3.44. The second kappa shape index (κ2) is 5.77. The van der Waals surface area contributed by atoms with Gasteiger partial charge in [0.05, 0.1) is 0 Å². The van der Waals surface area contributed by atoms with Crippen molar-refractivity contribution in [3.05, 3.63) is 0 Å². The Balaban J connectivity index is 1.82. The van der Waals surface area contributed by atoms with Crippen LogP contribution < -0.4 is 10.6 Å². The molecule has 1 atom stereocenters. The Morgan fingerprint density at radius 1 is 1.37 bits per heavy atom. The number of nitrogens with one attached hydrogen (secondary N) is 2. The first-order valence-electron chi connectivity index (χ1n) is 6.91. The number of carboxylic acid groups (broad SMARTS) is 1. The largest absolute Gasteiger partial charge is 0.480 e. The maximum Gasteiger partial charge on any atom is 0.329 e. The Hall–Kier alpha value is -1.30. The monoisotopic (exact) mass is 270 g/mol. The van der Waals surface area contributed by atoms with Crippen molar-refractivity contribution >= 4 is 12.0 Å². The number of amides is 2. The highest BCUT2D eigenvalue weighted by molar-refractivity contribution is 5.86. The fraction of sp³-hybridized carbons (Fsp3) is 0.846. The number of ether oxygens (including phenoxy) is 1. The lowest BCUT2D eigenvalue weighted by Gasteiger charge is -2.33. The number of carbonyl (C=O) groups is 2. The number of carbonyl (C=O) groups excluding carboxylic acids is 1. The highest BCUT2D eigenvalue weighted by atomic mass is 16.5. The Morgan fingerprint density at radius 3 is 2.53 bits per heavy atom. The van der Waals surface area contributed by atoms with Crippen molar-refractivity contribution in [1.29, 1.82) is 0 Å². The topological polar surface area (TPSA) is 87.7 Å². The summed E-state index contributed by atoms with van der Waals surface area (Å²) in [6.07, 6.45) is 3.10. The van der Waals surface area contributed by atoms with Crippen molar-refractivity contribution in [1.82, 2.24) is 10.6 Å². The van der Waals surface area contributed by atoms with E-state index >= 15 is 0 Å². The van der Waals surface area contributed by atoms with Gasteiger partial charge in [-0.15, -0.1) is 0 Å². The predicted molar refractivity (Wildman–Crippen MR) is 68.8 cm³/mol. The third-order valence-electron chi connectivity index (χ3n) is 4.12. The molecule has 1 saturated heterocycles. The second-order valence-electron chi connectivity index (χ2n) is 5.65. The van der Waals surface area contributed by atoms with Gasteiger partial charge in [0.15, 0.2) is 0 Å². The molecule has 0 aromatic heterocycles. The number of urea groups is 1. The molecule has 2 aliphatic rings. The van der Waals surface area contributed by atoms with E-state index < -0.39 is 17.5 Å². The molecule has 108 valence electrons. The van der Waals surface area contributed by atoms with Gasteiger partial charge in [-0.3, -0.25) is 0 Å². The van der Waals surface area contributed by atoms with Crippen molar-refractivity contribution < 1.29 is 19.4 Å². The van der Waals surface area contributed by atoms with Crippen LogP contribution in [0.15, 0.2) is 0 Å². The molecule has 6 heteroatoms. The van der Waals surface area contributed by atoms with Crippen molar-refractivity contribution in [2.45, 2.75) is 38.1 Å². The van der Waals surface area contributed by atoms with Gasteiger partial charge in [0, 0.05) is 32.6 Å². The number of aliphatic carboxylic acids is 1. The van der Waals surface area contributed by atoms with Crippen molar-refractivity contribution in [2.24, 2.45) is 11.8 Å². The van der Waals surface area contributed by atoms with Gasteiger partial charge in [0.1, 0.15) is 5.54 Å². The maximum absolute atomic E-state index is 11.8. The van der Waals surface area contributed by atoms with Crippen LogP contribution in [0.4, 0.5) is 4.79 Å². The second-order valence-corrected chi connectivity index (χ2v) is 5.65. The molecule has 2 fully saturated rings. The normalized spacial score (nSPS) is 23.4. The van der Waals surface area contributed by atoms with Crippen LogP contribution in [0, 0.1) is 11.8 Å². The fourth-order valence-electron chi connectivity index (χ4n) is 2.46. The van der Waals surface area contributed by atoms with E-state index in [0.29, 0.717) is 38.5 Å². The van der Waals surface area contributed by atoms with E-state index in [-0.39, 0.29) is 0 Å². The van der Waals surface area contributed by atoms with Crippen molar-refractivity contribution in [3.63, 3.8) is 0 Å². The average Bonchev–Trinajstić information content (AvgIpc) is 3.21. The Kier molecular flexibility index (Phi) is 4.29. The molecule has 1 saturated carbocycles. The molecule has 1 aliphatic heterocycles. The Bertz CT molecular complexity index is 349. The van der Waals surface area contributed by atoms with Gasteiger partial charge in [-0.05, 0) is 24.7 Å². The summed E-state index contributed by atoms with van der Waals surface area (Å²) in [5.41, 5.74) is -1.18. The van der Waals surface area contributed by atoms with Crippen molar-refractivity contribution in [3.8, 4) is 0 Å². The molecule has 19 heavy (non-hydrogen) atoms. The summed E-state index contributed by atoms with van der Waals surface area (Å²) in [5, 5.41) is 14.7. The summed E-state index contributed by atoms with van der Waals surface area (Å²) in [7, 11) is 0. The highest BCUT2D eigenvalue weighted by Crippen LogP contribution is 2.36. The number of hydrogen-bond donors (Lipinski definition) is 3. The molecule has 1 aliphatic carbocycles. The zero-order valence-electron chi connectivity index (χ0n) is 11.3. The predicted octanol–water partition coefficient (Wildman–Crippen LogP) is 0.965. The van der Waals surface area contributed by atoms with E-state index in [1.165, 1.54) is 12.8 Å². The number of hydrogen-bond acceptors (Lipinski definition) is 3. The molecule has 0 aromatic rings. The minimum atomic E-state index is -1.18. The number of carboxylic acids is 1. The van der Waals surface area contributed by atoms with Gasteiger partial charge in [0.2, 0.25) is 0 Å². The first kappa shape index (κ1) is 14.1. The van der Waals surface area contributed by atoms with Crippen LogP contribution >= 0.6 is 0 Å². The summed E-state index contributed by atoms with van der Waals surface area (Å²) >= 11 is 0. The molecule has 6 nitrogen and oxygen atoms in total. The summed E-state index contributed by atoms with van der Waals surface area (Å²) in [4.78, 5) is 23.2. The van der Waals surface area contributed by atoms with Gasteiger partial charge in [-0.25, -0.2) is 9.59 Å². The van der Waals surface area contributed by atoms with E-state index in [4.69, 9.17) is 4.74 Å². The summed E-state index contributed by atoms with van der Waals surface area (Å²) in [6, 6.07) is -0.392. The Labute approximate surface area is 112 Å². The third-order valence-corrected chi connectivity index (χ3v) is 4.12. The summed E-state index contributed by atoms with van der Waals surface area (Å²) in [5.74, 6) is 0.194. The average molecular weight is 270 g/mol. The molecule has 1 heterocycles. The fourth-order valence-corrected chi connectivity index (χ4v) is 2.46. The van der Waals surface area contributed by atoms with Crippen LogP contribution in [0.5, 0.6) is 0 Å². The van der Waals surface area contributed by atoms with Crippen molar-refractivity contribution in [2.75, 3.05) is 19.8 Å². The highest BCUT2D eigenvalue weighted by Gasteiger charge is 2.41. The molecule has 3 N–H and O–H groups in total. The van der Waals surface area contributed by atoms with Crippen LogP contribution in [-0.2, 0) is 9.53 Å². The quantitative estimate of drug-likeness (QED) is 0.694. The lowest BCUT2D eigenvalue weighted by atomic mass is 9.90.